The van der Waals surface area contributed by atoms with Crippen LogP contribution in [0.5, 0.6) is 0 Å². The molecule has 1 saturated heterocycles. The van der Waals surface area contributed by atoms with E-state index in [2.05, 4.69) is 92.2 Å². The first kappa shape index (κ1) is 49.8. The number of aromatic nitrogens is 4. The van der Waals surface area contributed by atoms with Crippen LogP contribution in [0, 0.1) is 33.1 Å². The molecule has 0 radical (unpaired) electrons. The molecule has 68 heavy (non-hydrogen) atoms. The van der Waals surface area contributed by atoms with Crippen molar-refractivity contribution in [3.63, 3.8) is 0 Å². The predicted octanol–water partition coefficient (Wildman–Crippen LogP) is 10.8. The average molecular weight is 941 g/mol. The number of ether oxygens (including phenoxy) is 1. The smallest absolute Gasteiger partial charge is 0.246 e. The summed E-state index contributed by atoms with van der Waals surface area (Å²) >= 11 is 1.61. The number of carbonyl (C=O) groups excluding carboxylic acids is 3. The van der Waals surface area contributed by atoms with Crippen molar-refractivity contribution in [1.29, 1.82) is 0 Å². The lowest BCUT2D eigenvalue weighted by Crippen LogP contribution is -2.58. The highest BCUT2D eigenvalue weighted by atomic mass is 32.1. The zero-order chi connectivity index (χ0) is 48.4. The fourth-order valence-electron chi connectivity index (χ4n) is 9.12. The van der Waals surface area contributed by atoms with Crippen molar-refractivity contribution in [1.82, 2.24) is 35.2 Å². The normalized spacial score (nSPS) is 14.8. The first-order chi connectivity index (χ1) is 32.7. The van der Waals surface area contributed by atoms with Crippen molar-refractivity contribution in [2.45, 2.75) is 125 Å². The summed E-state index contributed by atoms with van der Waals surface area (Å²) in [7, 11) is 0. The van der Waals surface area contributed by atoms with Crippen LogP contribution in [0.4, 0.5) is 11.4 Å². The SMILES string of the molecule is Cc1ccc(-c2c(C)noc2C)cc1N(CCCCCCCCOCC(=O)N[C@H](C(=O)N1CCC[C@H]1C(=O)N[C@@H](C)c1ccc(-c2scnc2C)cc1)C(C)(C)C)c1ccc(-n2ccnc2)cc1. The van der Waals surface area contributed by atoms with E-state index in [4.69, 9.17) is 9.26 Å². The zero-order valence-electron chi connectivity index (χ0n) is 41.0. The van der Waals surface area contributed by atoms with Crippen molar-refractivity contribution < 1.29 is 23.6 Å². The second-order valence-corrected chi connectivity index (χ2v) is 20.0. The number of rotatable bonds is 21. The Balaban J connectivity index is 0.846. The zero-order valence-corrected chi connectivity index (χ0v) is 41.8. The van der Waals surface area contributed by atoms with E-state index < -0.39 is 17.5 Å². The van der Waals surface area contributed by atoms with Gasteiger partial charge in [-0.2, -0.15) is 0 Å². The number of nitrogens with zero attached hydrogens (tertiary/aromatic N) is 6. The van der Waals surface area contributed by atoms with Crippen LogP contribution in [0.25, 0.3) is 27.3 Å². The molecule has 0 bridgehead atoms. The number of aryl methyl sites for hydroxylation is 4. The van der Waals surface area contributed by atoms with E-state index in [1.165, 1.54) is 5.56 Å². The maximum absolute atomic E-state index is 14.1. The summed E-state index contributed by atoms with van der Waals surface area (Å²) in [5.41, 5.74) is 11.9. The fourth-order valence-corrected chi connectivity index (χ4v) is 9.93. The highest BCUT2D eigenvalue weighted by Gasteiger charge is 2.42. The molecule has 4 heterocycles. The van der Waals surface area contributed by atoms with Crippen LogP contribution in [0.15, 0.2) is 95.5 Å². The monoisotopic (exact) mass is 941 g/mol. The third kappa shape index (κ3) is 12.3. The Morgan fingerprint density at radius 1 is 0.897 bits per heavy atom. The number of likely N-dealkylation sites (tertiary alicyclic amines) is 1. The summed E-state index contributed by atoms with van der Waals surface area (Å²) in [6, 6.07) is 21.7. The van der Waals surface area contributed by atoms with Crippen molar-refractivity contribution in [2.75, 3.05) is 31.2 Å². The first-order valence-electron chi connectivity index (χ1n) is 24.1. The van der Waals surface area contributed by atoms with Gasteiger partial charge in [0.25, 0.3) is 0 Å². The molecule has 360 valence electrons. The van der Waals surface area contributed by atoms with Gasteiger partial charge in [0, 0.05) is 54.7 Å². The topological polar surface area (TPSA) is 148 Å². The lowest BCUT2D eigenvalue weighted by atomic mass is 9.85. The third-order valence-corrected chi connectivity index (χ3v) is 14.0. The lowest BCUT2D eigenvalue weighted by molar-refractivity contribution is -0.144. The first-order valence-corrected chi connectivity index (χ1v) is 25.0. The molecule has 14 heteroatoms. The number of amides is 3. The molecule has 6 aromatic rings. The average Bonchev–Trinajstić information content (AvgIpc) is 4.17. The van der Waals surface area contributed by atoms with E-state index in [0.29, 0.717) is 19.6 Å². The van der Waals surface area contributed by atoms with Gasteiger partial charge >= 0.3 is 0 Å². The number of imidazole rings is 1. The summed E-state index contributed by atoms with van der Waals surface area (Å²) in [6.45, 7) is 17.5. The Morgan fingerprint density at radius 3 is 2.28 bits per heavy atom. The fraction of sp³-hybridized carbons (Fsp3) is 0.444. The van der Waals surface area contributed by atoms with Gasteiger partial charge < -0.3 is 34.3 Å². The summed E-state index contributed by atoms with van der Waals surface area (Å²) in [6.07, 6.45) is 12.9. The van der Waals surface area contributed by atoms with Gasteiger partial charge in [-0.25, -0.2) is 9.97 Å². The molecule has 3 atom stereocenters. The highest BCUT2D eigenvalue weighted by molar-refractivity contribution is 7.13. The van der Waals surface area contributed by atoms with E-state index in [1.54, 1.807) is 22.4 Å². The molecule has 3 amide bonds. The minimum Gasteiger partial charge on any atom is -0.372 e. The quantitative estimate of drug-likeness (QED) is 0.0673. The Morgan fingerprint density at radius 2 is 1.62 bits per heavy atom. The number of benzene rings is 3. The van der Waals surface area contributed by atoms with E-state index >= 15 is 0 Å². The standard InChI is InChI=1S/C54H68N8O5S/c1-36-17-18-43(49-38(3)59-67-40(49)5)32-47(36)61(45-25-23-44(24-26-45)60-30-27-55-34-60)28-13-11-9-10-12-14-31-66-33-48(63)58-51(54(6,7)8)53(65)62-29-15-16-46(62)52(64)57-37(2)41-19-21-42(22-20-41)50-39(4)56-35-68-50/h17-27,30,32,34-35,37,46,51H,9-16,28-29,31,33H2,1-8H3,(H,57,64)(H,58,63)/t37-,46-,51+/m0/s1. The third-order valence-electron chi connectivity index (χ3n) is 13.0. The Labute approximate surface area is 405 Å². The van der Waals surface area contributed by atoms with Gasteiger partial charge in [-0.3, -0.25) is 14.4 Å². The van der Waals surface area contributed by atoms with Crippen LogP contribution in [-0.4, -0.2) is 80.7 Å². The maximum Gasteiger partial charge on any atom is 0.246 e. The number of unbranched alkanes of at least 4 members (excludes halogenated alkanes) is 5. The van der Waals surface area contributed by atoms with Crippen LogP contribution in [0.2, 0.25) is 0 Å². The molecule has 0 aliphatic carbocycles. The van der Waals surface area contributed by atoms with Crippen molar-refractivity contribution in [3.8, 4) is 27.3 Å². The van der Waals surface area contributed by atoms with Gasteiger partial charge in [0.05, 0.1) is 34.1 Å². The second-order valence-electron chi connectivity index (χ2n) is 19.2. The number of hydrogen-bond donors (Lipinski definition) is 2. The number of anilines is 2. The number of hydrogen-bond acceptors (Lipinski definition) is 10. The number of carbonyl (C=O) groups is 3. The van der Waals surface area contributed by atoms with Crippen molar-refractivity contribution >= 4 is 40.4 Å². The van der Waals surface area contributed by atoms with Gasteiger partial charge in [-0.1, -0.05) is 88.0 Å². The Hall–Kier alpha value is -6.12. The van der Waals surface area contributed by atoms with Gasteiger partial charge in [-0.15, -0.1) is 11.3 Å². The van der Waals surface area contributed by atoms with Gasteiger partial charge in [0.2, 0.25) is 17.7 Å². The Bertz CT molecular complexity index is 2580. The molecule has 13 nitrogen and oxygen atoms in total. The molecule has 7 rings (SSSR count). The molecule has 0 saturated carbocycles. The molecule has 1 aliphatic rings. The maximum atomic E-state index is 14.1. The lowest BCUT2D eigenvalue weighted by Gasteiger charge is -2.35. The molecular formula is C54H68N8O5S. The molecule has 1 aliphatic heterocycles. The highest BCUT2D eigenvalue weighted by Crippen LogP contribution is 2.36. The number of nitrogens with one attached hydrogen (secondary N) is 2. The molecule has 0 spiro atoms. The summed E-state index contributed by atoms with van der Waals surface area (Å²) < 4.78 is 13.3. The van der Waals surface area contributed by atoms with Crippen LogP contribution in [0.3, 0.4) is 0 Å². The van der Waals surface area contributed by atoms with Crippen LogP contribution in [0.1, 0.15) is 113 Å². The Kier molecular flexibility index (Phi) is 16.7. The molecule has 3 aromatic carbocycles. The minimum atomic E-state index is -0.806. The van der Waals surface area contributed by atoms with Crippen molar-refractivity contribution in [3.05, 3.63) is 119 Å². The summed E-state index contributed by atoms with van der Waals surface area (Å²) in [5, 5.41) is 10.3. The summed E-state index contributed by atoms with van der Waals surface area (Å²) in [5.74, 6) is 0.0460. The largest absolute Gasteiger partial charge is 0.372 e. The molecule has 0 unspecified atom stereocenters. The van der Waals surface area contributed by atoms with Gasteiger partial charge in [0.15, 0.2) is 0 Å². The van der Waals surface area contributed by atoms with E-state index in [-0.39, 0.29) is 30.4 Å². The van der Waals surface area contributed by atoms with Gasteiger partial charge in [-0.05, 0) is 118 Å². The van der Waals surface area contributed by atoms with Crippen molar-refractivity contribution in [2.24, 2.45) is 5.41 Å². The second kappa shape index (κ2) is 22.8. The van der Waals surface area contributed by atoms with Gasteiger partial charge in [0.1, 0.15) is 24.5 Å². The molecule has 1 fully saturated rings. The van der Waals surface area contributed by atoms with Crippen LogP contribution in [-0.2, 0) is 19.1 Å². The molecular weight excluding hydrogens is 873 g/mol. The van der Waals surface area contributed by atoms with E-state index in [0.717, 1.165) is 113 Å². The minimum absolute atomic E-state index is 0.126. The van der Waals surface area contributed by atoms with Crippen LogP contribution < -0.4 is 15.5 Å². The summed E-state index contributed by atoms with van der Waals surface area (Å²) in [4.78, 5) is 54.7. The van der Waals surface area contributed by atoms with E-state index in [9.17, 15) is 14.4 Å². The molecule has 3 aromatic heterocycles. The number of thiazole rings is 1. The van der Waals surface area contributed by atoms with Crippen LogP contribution >= 0.6 is 11.3 Å². The predicted molar refractivity (Wildman–Crippen MR) is 270 cm³/mol. The molecule has 2 N–H and O–H groups in total. The van der Waals surface area contributed by atoms with E-state index in [1.807, 2.05) is 83.2 Å².